The highest BCUT2D eigenvalue weighted by atomic mass is 16.5. The molecule has 1 atom stereocenters. The summed E-state index contributed by atoms with van der Waals surface area (Å²) in [5, 5.41) is 2.97. The first-order valence-electron chi connectivity index (χ1n) is 9.74. The summed E-state index contributed by atoms with van der Waals surface area (Å²) in [6, 6.07) is 6.05. The molecule has 1 aliphatic carbocycles. The summed E-state index contributed by atoms with van der Waals surface area (Å²) < 4.78 is 5.22. The maximum absolute atomic E-state index is 12.5. The smallest absolute Gasteiger partial charge is 0.225 e. The second-order valence-electron chi connectivity index (χ2n) is 7.49. The van der Waals surface area contributed by atoms with E-state index in [9.17, 15) is 9.59 Å². The zero-order valence-electron chi connectivity index (χ0n) is 15.7. The number of fused-ring (bicyclic) bond motifs is 1. The zero-order valence-corrected chi connectivity index (χ0v) is 15.7. The minimum atomic E-state index is -0.224. The van der Waals surface area contributed by atoms with E-state index >= 15 is 0 Å². The third kappa shape index (κ3) is 3.77. The van der Waals surface area contributed by atoms with Crippen LogP contribution >= 0.6 is 0 Å². The lowest BCUT2D eigenvalue weighted by Gasteiger charge is -2.23. The van der Waals surface area contributed by atoms with Gasteiger partial charge >= 0.3 is 0 Å². The van der Waals surface area contributed by atoms with Crippen LogP contribution in [-0.4, -0.2) is 52.9 Å². The van der Waals surface area contributed by atoms with Crippen LogP contribution in [-0.2, 0) is 16.0 Å². The molecule has 0 unspecified atom stereocenters. The third-order valence-electron chi connectivity index (χ3n) is 5.69. The standard InChI is InChI=1S/C20H26N4O3/c1-27-15-6-7-16-17(11-15)23-18(22-16)8-9-21-20(26)13-10-19(25)24(12-13)14-4-2-3-5-14/h6-7,11,13-14H,2-5,8-10,12H2,1H3,(H,21,26)(H,22,23)/t13-/m0/s1. The Balaban J connectivity index is 1.29. The molecule has 144 valence electrons. The fourth-order valence-corrected chi connectivity index (χ4v) is 4.21. The van der Waals surface area contributed by atoms with Gasteiger partial charge in [-0.05, 0) is 25.0 Å². The first kappa shape index (κ1) is 17.8. The summed E-state index contributed by atoms with van der Waals surface area (Å²) in [5.41, 5.74) is 1.80. The van der Waals surface area contributed by atoms with Gasteiger partial charge in [-0.15, -0.1) is 0 Å². The van der Waals surface area contributed by atoms with E-state index in [0.29, 0.717) is 32.0 Å². The summed E-state index contributed by atoms with van der Waals surface area (Å²) in [6.45, 7) is 1.07. The number of ether oxygens (including phenoxy) is 1. The molecule has 1 saturated carbocycles. The molecule has 1 aromatic heterocycles. The van der Waals surface area contributed by atoms with Crippen LogP contribution in [0.4, 0.5) is 0 Å². The minimum Gasteiger partial charge on any atom is -0.497 e. The monoisotopic (exact) mass is 370 g/mol. The van der Waals surface area contributed by atoms with E-state index in [1.807, 2.05) is 23.1 Å². The Bertz CT molecular complexity index is 841. The molecular weight excluding hydrogens is 344 g/mol. The van der Waals surface area contributed by atoms with Crippen LogP contribution in [0.25, 0.3) is 11.0 Å². The number of hydrogen-bond acceptors (Lipinski definition) is 4. The van der Waals surface area contributed by atoms with Crippen LogP contribution in [0.2, 0.25) is 0 Å². The number of likely N-dealkylation sites (tertiary alicyclic amines) is 1. The second kappa shape index (κ2) is 7.58. The predicted octanol–water partition coefficient (Wildman–Crippen LogP) is 2.02. The summed E-state index contributed by atoms with van der Waals surface area (Å²) >= 11 is 0. The van der Waals surface area contributed by atoms with Gasteiger partial charge in [-0.2, -0.15) is 0 Å². The molecule has 0 spiro atoms. The number of aromatic nitrogens is 2. The molecule has 2 amide bonds. The van der Waals surface area contributed by atoms with Crippen molar-refractivity contribution in [1.82, 2.24) is 20.2 Å². The van der Waals surface area contributed by atoms with Crippen LogP contribution in [0.15, 0.2) is 18.2 Å². The van der Waals surface area contributed by atoms with E-state index in [2.05, 4.69) is 15.3 Å². The van der Waals surface area contributed by atoms with Crippen molar-refractivity contribution in [3.05, 3.63) is 24.0 Å². The van der Waals surface area contributed by atoms with Crippen molar-refractivity contribution in [3.8, 4) is 5.75 Å². The summed E-state index contributed by atoms with van der Waals surface area (Å²) in [5.74, 6) is 1.49. The molecular formula is C20H26N4O3. The van der Waals surface area contributed by atoms with Gasteiger partial charge in [0, 0.05) is 38.0 Å². The largest absolute Gasteiger partial charge is 0.497 e. The summed E-state index contributed by atoms with van der Waals surface area (Å²) in [6.07, 6.45) is 5.50. The Morgan fingerprint density at radius 3 is 2.96 bits per heavy atom. The van der Waals surface area contributed by atoms with Crippen LogP contribution in [0.1, 0.15) is 37.9 Å². The molecule has 7 heteroatoms. The summed E-state index contributed by atoms with van der Waals surface area (Å²) in [4.78, 5) is 34.4. The topological polar surface area (TPSA) is 87.3 Å². The molecule has 2 heterocycles. The molecule has 7 nitrogen and oxygen atoms in total. The van der Waals surface area contributed by atoms with Gasteiger partial charge in [-0.25, -0.2) is 4.98 Å². The second-order valence-corrected chi connectivity index (χ2v) is 7.49. The van der Waals surface area contributed by atoms with Gasteiger partial charge in [-0.3, -0.25) is 9.59 Å². The highest BCUT2D eigenvalue weighted by Gasteiger charge is 2.38. The van der Waals surface area contributed by atoms with Crippen LogP contribution in [0.5, 0.6) is 5.75 Å². The number of aromatic amines is 1. The van der Waals surface area contributed by atoms with Crippen molar-refractivity contribution < 1.29 is 14.3 Å². The van der Waals surface area contributed by atoms with E-state index in [-0.39, 0.29) is 17.7 Å². The average Bonchev–Trinajstić information content (AvgIpc) is 3.39. The number of nitrogens with one attached hydrogen (secondary N) is 2. The number of methoxy groups -OCH3 is 1. The fourth-order valence-electron chi connectivity index (χ4n) is 4.21. The van der Waals surface area contributed by atoms with Crippen molar-refractivity contribution in [2.24, 2.45) is 5.92 Å². The number of H-pyrrole nitrogens is 1. The lowest BCUT2D eigenvalue weighted by molar-refractivity contribution is -0.130. The number of amides is 2. The van der Waals surface area contributed by atoms with Crippen molar-refractivity contribution in [2.45, 2.75) is 44.6 Å². The molecule has 2 aliphatic rings. The fraction of sp³-hybridized carbons (Fsp3) is 0.550. The average molecular weight is 370 g/mol. The van der Waals surface area contributed by atoms with Crippen LogP contribution in [0.3, 0.4) is 0 Å². The molecule has 4 rings (SSSR count). The SMILES string of the molecule is COc1ccc2nc(CCNC(=O)[C@H]3CC(=O)N(C4CCCC4)C3)[nH]c2c1. The first-order chi connectivity index (χ1) is 13.1. The zero-order chi connectivity index (χ0) is 18.8. The Labute approximate surface area is 158 Å². The molecule has 1 saturated heterocycles. The number of carbonyl (C=O) groups is 2. The maximum Gasteiger partial charge on any atom is 0.225 e. The molecule has 0 radical (unpaired) electrons. The van der Waals surface area contributed by atoms with Crippen LogP contribution in [0, 0.1) is 5.92 Å². The van der Waals surface area contributed by atoms with Gasteiger partial charge in [-0.1, -0.05) is 12.8 Å². The molecule has 0 bridgehead atoms. The third-order valence-corrected chi connectivity index (χ3v) is 5.69. The highest BCUT2D eigenvalue weighted by molar-refractivity contribution is 5.89. The molecule has 2 aromatic rings. The number of hydrogen-bond donors (Lipinski definition) is 2. The van der Waals surface area contributed by atoms with E-state index < -0.39 is 0 Å². The number of imidazole rings is 1. The Hall–Kier alpha value is -2.57. The van der Waals surface area contributed by atoms with E-state index in [0.717, 1.165) is 35.4 Å². The van der Waals surface area contributed by atoms with Crippen molar-refractivity contribution >= 4 is 22.8 Å². The van der Waals surface area contributed by atoms with Gasteiger partial charge in [0.05, 0.1) is 24.1 Å². The van der Waals surface area contributed by atoms with Crippen molar-refractivity contribution in [1.29, 1.82) is 0 Å². The van der Waals surface area contributed by atoms with E-state index in [1.54, 1.807) is 7.11 Å². The number of nitrogens with zero attached hydrogens (tertiary/aromatic N) is 2. The van der Waals surface area contributed by atoms with E-state index in [1.165, 1.54) is 12.8 Å². The molecule has 2 fully saturated rings. The van der Waals surface area contributed by atoms with Crippen LogP contribution < -0.4 is 10.1 Å². The maximum atomic E-state index is 12.5. The van der Waals surface area contributed by atoms with Gasteiger partial charge in [0.1, 0.15) is 11.6 Å². The predicted molar refractivity (Wildman–Crippen MR) is 101 cm³/mol. The normalized spacial score (nSPS) is 20.6. The molecule has 2 N–H and O–H groups in total. The van der Waals surface area contributed by atoms with Gasteiger partial charge in [0.2, 0.25) is 11.8 Å². The minimum absolute atomic E-state index is 0.0263. The Morgan fingerprint density at radius 2 is 2.19 bits per heavy atom. The lowest BCUT2D eigenvalue weighted by Crippen LogP contribution is -2.37. The quantitative estimate of drug-likeness (QED) is 0.814. The highest BCUT2D eigenvalue weighted by Crippen LogP contribution is 2.29. The Morgan fingerprint density at radius 1 is 1.37 bits per heavy atom. The van der Waals surface area contributed by atoms with Crippen molar-refractivity contribution in [2.75, 3.05) is 20.2 Å². The van der Waals surface area contributed by atoms with E-state index in [4.69, 9.17) is 4.74 Å². The lowest BCUT2D eigenvalue weighted by atomic mass is 10.1. The number of rotatable bonds is 6. The van der Waals surface area contributed by atoms with Crippen molar-refractivity contribution in [3.63, 3.8) is 0 Å². The summed E-state index contributed by atoms with van der Waals surface area (Å²) in [7, 11) is 1.63. The van der Waals surface area contributed by atoms with Gasteiger partial charge in [0.25, 0.3) is 0 Å². The number of benzene rings is 1. The molecule has 1 aliphatic heterocycles. The number of carbonyl (C=O) groups excluding carboxylic acids is 2. The van der Waals surface area contributed by atoms with Gasteiger partial charge < -0.3 is 19.9 Å². The van der Waals surface area contributed by atoms with Gasteiger partial charge in [0.15, 0.2) is 0 Å². The Kier molecular flexibility index (Phi) is 5.01. The molecule has 1 aromatic carbocycles. The molecule has 27 heavy (non-hydrogen) atoms. The first-order valence-corrected chi connectivity index (χ1v) is 9.74.